The standard InChI is InChI=1S/C18H24N2O5/c1-23-15-4-2-13(3-5-15)10-20-11-14(8-17(20)21)18(22)19-9-16-6-7-24-12-25-16/h2-5,14,16H,6-12H2,1H3,(H,19,22). The van der Waals surface area contributed by atoms with E-state index in [1.165, 1.54) is 0 Å². The summed E-state index contributed by atoms with van der Waals surface area (Å²) in [4.78, 5) is 26.3. The number of hydrogen-bond acceptors (Lipinski definition) is 5. The van der Waals surface area contributed by atoms with E-state index in [-0.39, 0.29) is 37.0 Å². The van der Waals surface area contributed by atoms with Crippen molar-refractivity contribution in [2.45, 2.75) is 25.5 Å². The van der Waals surface area contributed by atoms with Gasteiger partial charge in [-0.05, 0) is 24.1 Å². The number of likely N-dealkylation sites (tertiary alicyclic amines) is 1. The fraction of sp³-hybridized carbons (Fsp3) is 0.556. The lowest BCUT2D eigenvalue weighted by molar-refractivity contribution is -0.142. The molecule has 7 nitrogen and oxygen atoms in total. The Hall–Kier alpha value is -2.12. The van der Waals surface area contributed by atoms with Crippen molar-refractivity contribution in [2.24, 2.45) is 5.92 Å². The van der Waals surface area contributed by atoms with Crippen molar-refractivity contribution in [3.8, 4) is 5.75 Å². The van der Waals surface area contributed by atoms with Crippen molar-refractivity contribution in [3.05, 3.63) is 29.8 Å². The van der Waals surface area contributed by atoms with Crippen LogP contribution in [0.1, 0.15) is 18.4 Å². The van der Waals surface area contributed by atoms with Crippen LogP contribution in [0.3, 0.4) is 0 Å². The van der Waals surface area contributed by atoms with Crippen molar-refractivity contribution in [3.63, 3.8) is 0 Å². The first-order valence-corrected chi connectivity index (χ1v) is 8.53. The highest BCUT2D eigenvalue weighted by Gasteiger charge is 2.34. The first kappa shape index (κ1) is 17.7. The molecule has 0 aromatic heterocycles. The number of nitrogens with one attached hydrogen (secondary N) is 1. The summed E-state index contributed by atoms with van der Waals surface area (Å²) in [6.07, 6.45) is 1.02. The van der Waals surface area contributed by atoms with Gasteiger partial charge in [0.15, 0.2) is 0 Å². The van der Waals surface area contributed by atoms with Crippen LogP contribution < -0.4 is 10.1 Å². The Balaban J connectivity index is 1.48. The number of ether oxygens (including phenoxy) is 3. The van der Waals surface area contributed by atoms with Gasteiger partial charge in [0.25, 0.3) is 0 Å². The van der Waals surface area contributed by atoms with E-state index in [1.54, 1.807) is 12.0 Å². The Morgan fingerprint density at radius 3 is 2.84 bits per heavy atom. The molecule has 1 aromatic carbocycles. The fourth-order valence-electron chi connectivity index (χ4n) is 3.07. The second kappa shape index (κ2) is 8.31. The van der Waals surface area contributed by atoms with Gasteiger partial charge in [0.05, 0.1) is 25.7 Å². The van der Waals surface area contributed by atoms with Crippen molar-refractivity contribution >= 4 is 11.8 Å². The molecule has 2 amide bonds. The van der Waals surface area contributed by atoms with Crippen LogP contribution in [0.5, 0.6) is 5.75 Å². The predicted octanol–water partition coefficient (Wildman–Crippen LogP) is 0.923. The number of hydrogen-bond donors (Lipinski definition) is 1. The van der Waals surface area contributed by atoms with Crippen molar-refractivity contribution in [1.29, 1.82) is 0 Å². The molecule has 25 heavy (non-hydrogen) atoms. The predicted molar refractivity (Wildman–Crippen MR) is 89.8 cm³/mol. The topological polar surface area (TPSA) is 77.1 Å². The summed E-state index contributed by atoms with van der Waals surface area (Å²) in [5, 5.41) is 2.90. The van der Waals surface area contributed by atoms with Crippen LogP contribution in [0, 0.1) is 5.92 Å². The van der Waals surface area contributed by atoms with E-state index in [0.29, 0.717) is 26.2 Å². The highest BCUT2D eigenvalue weighted by Crippen LogP contribution is 2.21. The number of carbonyl (C=O) groups excluding carboxylic acids is 2. The fourth-order valence-corrected chi connectivity index (χ4v) is 3.07. The van der Waals surface area contributed by atoms with Crippen LogP contribution >= 0.6 is 0 Å². The minimum absolute atomic E-state index is 0.00907. The van der Waals surface area contributed by atoms with Crippen LogP contribution in [0.4, 0.5) is 0 Å². The van der Waals surface area contributed by atoms with Gasteiger partial charge in [0.2, 0.25) is 11.8 Å². The molecule has 0 spiro atoms. The van der Waals surface area contributed by atoms with Gasteiger partial charge >= 0.3 is 0 Å². The maximum atomic E-state index is 12.3. The lowest BCUT2D eigenvalue weighted by Crippen LogP contribution is -2.40. The van der Waals surface area contributed by atoms with Gasteiger partial charge in [-0.15, -0.1) is 0 Å². The molecule has 2 aliphatic heterocycles. The van der Waals surface area contributed by atoms with E-state index in [9.17, 15) is 9.59 Å². The molecule has 136 valence electrons. The van der Waals surface area contributed by atoms with Gasteiger partial charge in [0.1, 0.15) is 12.5 Å². The van der Waals surface area contributed by atoms with E-state index in [2.05, 4.69) is 5.32 Å². The summed E-state index contributed by atoms with van der Waals surface area (Å²) in [6.45, 7) is 2.35. The molecule has 0 saturated carbocycles. The number of nitrogens with zero attached hydrogens (tertiary/aromatic N) is 1. The van der Waals surface area contributed by atoms with E-state index in [4.69, 9.17) is 14.2 Å². The van der Waals surface area contributed by atoms with Crippen molar-refractivity contribution in [2.75, 3.05) is 33.6 Å². The average Bonchev–Trinajstić information content (AvgIpc) is 3.02. The molecular formula is C18H24N2O5. The smallest absolute Gasteiger partial charge is 0.225 e. The molecule has 2 heterocycles. The SMILES string of the molecule is COc1ccc(CN2CC(C(=O)NCC3CCOCO3)CC2=O)cc1. The lowest BCUT2D eigenvalue weighted by Gasteiger charge is -2.23. The second-order valence-corrected chi connectivity index (χ2v) is 6.37. The summed E-state index contributed by atoms with van der Waals surface area (Å²) < 4.78 is 15.7. The minimum Gasteiger partial charge on any atom is -0.497 e. The average molecular weight is 348 g/mol. The Kier molecular flexibility index (Phi) is 5.88. The number of rotatable bonds is 6. The van der Waals surface area contributed by atoms with Gasteiger partial charge < -0.3 is 24.4 Å². The third-order valence-electron chi connectivity index (χ3n) is 4.59. The molecule has 2 atom stereocenters. The van der Waals surface area contributed by atoms with Crippen LogP contribution in [-0.2, 0) is 25.6 Å². The first-order valence-electron chi connectivity index (χ1n) is 8.53. The van der Waals surface area contributed by atoms with Crippen molar-refractivity contribution < 1.29 is 23.8 Å². The van der Waals surface area contributed by atoms with E-state index >= 15 is 0 Å². The molecule has 7 heteroatoms. The van der Waals surface area contributed by atoms with Crippen LogP contribution in [0.25, 0.3) is 0 Å². The Labute approximate surface area is 147 Å². The van der Waals surface area contributed by atoms with Gasteiger partial charge in [-0.2, -0.15) is 0 Å². The van der Waals surface area contributed by atoms with Gasteiger partial charge in [0, 0.05) is 26.1 Å². The molecule has 1 N–H and O–H groups in total. The van der Waals surface area contributed by atoms with Crippen LogP contribution in [0.2, 0.25) is 0 Å². The van der Waals surface area contributed by atoms with E-state index < -0.39 is 0 Å². The minimum atomic E-state index is -0.300. The Morgan fingerprint density at radius 1 is 1.36 bits per heavy atom. The molecule has 2 aliphatic rings. The zero-order valence-electron chi connectivity index (χ0n) is 14.4. The van der Waals surface area contributed by atoms with Gasteiger partial charge in [-0.3, -0.25) is 9.59 Å². The van der Waals surface area contributed by atoms with Crippen LogP contribution in [-0.4, -0.2) is 56.4 Å². The first-order chi connectivity index (χ1) is 12.2. The highest BCUT2D eigenvalue weighted by atomic mass is 16.7. The zero-order valence-corrected chi connectivity index (χ0v) is 14.4. The molecule has 1 aromatic rings. The van der Waals surface area contributed by atoms with Gasteiger partial charge in [-0.25, -0.2) is 0 Å². The number of carbonyl (C=O) groups is 2. The van der Waals surface area contributed by atoms with Crippen molar-refractivity contribution in [1.82, 2.24) is 10.2 Å². The Bertz CT molecular complexity index is 598. The zero-order chi connectivity index (χ0) is 17.6. The van der Waals surface area contributed by atoms with Crippen LogP contribution in [0.15, 0.2) is 24.3 Å². The summed E-state index contributed by atoms with van der Waals surface area (Å²) in [6, 6.07) is 7.60. The number of methoxy groups -OCH3 is 1. The maximum absolute atomic E-state index is 12.3. The summed E-state index contributed by atoms with van der Waals surface area (Å²) in [5.74, 6) is 0.411. The maximum Gasteiger partial charge on any atom is 0.225 e. The largest absolute Gasteiger partial charge is 0.497 e. The quantitative estimate of drug-likeness (QED) is 0.827. The molecule has 3 rings (SSSR count). The molecule has 2 unspecified atom stereocenters. The van der Waals surface area contributed by atoms with E-state index in [0.717, 1.165) is 17.7 Å². The van der Waals surface area contributed by atoms with Gasteiger partial charge in [-0.1, -0.05) is 12.1 Å². The molecule has 2 saturated heterocycles. The summed E-state index contributed by atoms with van der Waals surface area (Å²) in [5.41, 5.74) is 1.02. The summed E-state index contributed by atoms with van der Waals surface area (Å²) >= 11 is 0. The molecule has 2 fully saturated rings. The normalized spacial score (nSPS) is 23.6. The molecule has 0 aliphatic carbocycles. The third kappa shape index (κ3) is 4.70. The lowest BCUT2D eigenvalue weighted by atomic mass is 10.1. The third-order valence-corrected chi connectivity index (χ3v) is 4.59. The molecule has 0 radical (unpaired) electrons. The number of benzene rings is 1. The molecule has 0 bridgehead atoms. The second-order valence-electron chi connectivity index (χ2n) is 6.37. The molecular weight excluding hydrogens is 324 g/mol. The highest BCUT2D eigenvalue weighted by molar-refractivity contribution is 5.89. The number of amides is 2. The summed E-state index contributed by atoms with van der Waals surface area (Å²) in [7, 11) is 1.62. The van der Waals surface area contributed by atoms with E-state index in [1.807, 2.05) is 24.3 Å². The Morgan fingerprint density at radius 2 is 2.16 bits per heavy atom. The monoisotopic (exact) mass is 348 g/mol.